The quantitative estimate of drug-likeness (QED) is 0.823. The first kappa shape index (κ1) is 9.98. The van der Waals surface area contributed by atoms with Gasteiger partial charge in [-0.2, -0.15) is 5.10 Å². The number of hydrogen-bond acceptors (Lipinski definition) is 3. The zero-order valence-corrected chi connectivity index (χ0v) is 9.03. The summed E-state index contributed by atoms with van der Waals surface area (Å²) in [7, 11) is 1.91. The third-order valence-corrected chi connectivity index (χ3v) is 2.42. The number of aromatic nitrogens is 2. The molecule has 2 heterocycles. The Balaban J connectivity index is 2.17. The van der Waals surface area contributed by atoms with Crippen molar-refractivity contribution < 1.29 is 4.42 Å². The third-order valence-electron chi connectivity index (χ3n) is 2.42. The summed E-state index contributed by atoms with van der Waals surface area (Å²) in [6, 6.07) is 3.99. The predicted octanol–water partition coefficient (Wildman–Crippen LogP) is 1.55. The number of nitrogens with one attached hydrogen (secondary N) is 1. The molecule has 0 unspecified atom stereocenters. The van der Waals surface area contributed by atoms with E-state index in [1.165, 1.54) is 5.56 Å². The minimum Gasteiger partial charge on any atom is -0.468 e. The van der Waals surface area contributed by atoms with Gasteiger partial charge in [0.1, 0.15) is 5.76 Å². The standard InChI is InChI=1S/C11H15N3O/c1-9-3-5-13-14(9)8-10-4-6-15-11(10)7-12-2/h3-6,12H,7-8H2,1-2H3. The Labute approximate surface area is 88.9 Å². The van der Waals surface area contributed by atoms with Crippen molar-refractivity contribution in [3.05, 3.63) is 41.6 Å². The lowest BCUT2D eigenvalue weighted by atomic mass is 10.2. The minimum absolute atomic E-state index is 0.753. The Hall–Kier alpha value is -1.55. The van der Waals surface area contributed by atoms with Crippen molar-refractivity contribution >= 4 is 0 Å². The molecular formula is C11H15N3O. The highest BCUT2D eigenvalue weighted by Crippen LogP contribution is 2.12. The monoisotopic (exact) mass is 205 g/mol. The van der Waals surface area contributed by atoms with Crippen LogP contribution in [0, 0.1) is 6.92 Å². The van der Waals surface area contributed by atoms with Gasteiger partial charge in [0.15, 0.2) is 0 Å². The molecule has 0 bridgehead atoms. The molecule has 80 valence electrons. The first-order chi connectivity index (χ1) is 7.31. The van der Waals surface area contributed by atoms with Crippen molar-refractivity contribution in [3.8, 4) is 0 Å². The maximum Gasteiger partial charge on any atom is 0.122 e. The Morgan fingerprint density at radius 1 is 1.47 bits per heavy atom. The van der Waals surface area contributed by atoms with Gasteiger partial charge in [-0.25, -0.2) is 0 Å². The average molecular weight is 205 g/mol. The molecular weight excluding hydrogens is 190 g/mol. The third kappa shape index (κ3) is 2.10. The van der Waals surface area contributed by atoms with Crippen molar-refractivity contribution in [1.82, 2.24) is 15.1 Å². The van der Waals surface area contributed by atoms with Crippen LogP contribution < -0.4 is 5.32 Å². The van der Waals surface area contributed by atoms with E-state index < -0.39 is 0 Å². The molecule has 0 saturated heterocycles. The van der Waals surface area contributed by atoms with Crippen LogP contribution in [0.4, 0.5) is 0 Å². The zero-order chi connectivity index (χ0) is 10.7. The molecule has 0 atom stereocenters. The van der Waals surface area contributed by atoms with Crippen LogP contribution in [0.1, 0.15) is 17.0 Å². The van der Waals surface area contributed by atoms with Crippen LogP contribution in [-0.4, -0.2) is 16.8 Å². The van der Waals surface area contributed by atoms with E-state index in [-0.39, 0.29) is 0 Å². The fourth-order valence-electron chi connectivity index (χ4n) is 1.55. The molecule has 2 aromatic rings. The Kier molecular flexibility index (Phi) is 2.87. The van der Waals surface area contributed by atoms with Gasteiger partial charge in [0.25, 0.3) is 0 Å². The first-order valence-electron chi connectivity index (χ1n) is 4.99. The molecule has 0 spiro atoms. The van der Waals surface area contributed by atoms with Gasteiger partial charge in [-0.3, -0.25) is 4.68 Å². The summed E-state index contributed by atoms with van der Waals surface area (Å²) >= 11 is 0. The second-order valence-corrected chi connectivity index (χ2v) is 3.53. The summed E-state index contributed by atoms with van der Waals surface area (Å²) in [6.07, 6.45) is 3.54. The van der Waals surface area contributed by atoms with Crippen LogP contribution in [0.25, 0.3) is 0 Å². The SMILES string of the molecule is CNCc1occc1Cn1nccc1C. The summed E-state index contributed by atoms with van der Waals surface area (Å²) in [6.45, 7) is 3.57. The molecule has 0 amide bonds. The van der Waals surface area contributed by atoms with Gasteiger partial charge in [-0.05, 0) is 26.1 Å². The topological polar surface area (TPSA) is 43.0 Å². The number of rotatable bonds is 4. The first-order valence-corrected chi connectivity index (χ1v) is 4.99. The van der Waals surface area contributed by atoms with E-state index in [0.717, 1.165) is 24.5 Å². The summed E-state index contributed by atoms with van der Waals surface area (Å²) in [5.74, 6) is 0.979. The molecule has 0 saturated carbocycles. The van der Waals surface area contributed by atoms with E-state index in [4.69, 9.17) is 4.42 Å². The summed E-state index contributed by atoms with van der Waals surface area (Å²) in [5, 5.41) is 7.33. The van der Waals surface area contributed by atoms with Crippen molar-refractivity contribution in [3.63, 3.8) is 0 Å². The van der Waals surface area contributed by atoms with Gasteiger partial charge in [0.05, 0.1) is 19.4 Å². The molecule has 4 heteroatoms. The van der Waals surface area contributed by atoms with E-state index >= 15 is 0 Å². The van der Waals surface area contributed by atoms with Gasteiger partial charge >= 0.3 is 0 Å². The maximum atomic E-state index is 5.39. The van der Waals surface area contributed by atoms with E-state index in [2.05, 4.69) is 10.4 Å². The molecule has 2 rings (SSSR count). The molecule has 0 aliphatic carbocycles. The Morgan fingerprint density at radius 3 is 3.00 bits per heavy atom. The van der Waals surface area contributed by atoms with Crippen LogP contribution in [0.3, 0.4) is 0 Å². The van der Waals surface area contributed by atoms with Crippen molar-refractivity contribution in [1.29, 1.82) is 0 Å². The summed E-state index contributed by atoms with van der Waals surface area (Å²) < 4.78 is 7.35. The Morgan fingerprint density at radius 2 is 2.33 bits per heavy atom. The van der Waals surface area contributed by atoms with E-state index in [1.807, 2.05) is 37.0 Å². The fraction of sp³-hybridized carbons (Fsp3) is 0.364. The largest absolute Gasteiger partial charge is 0.468 e. The average Bonchev–Trinajstić information content (AvgIpc) is 2.80. The molecule has 15 heavy (non-hydrogen) atoms. The van der Waals surface area contributed by atoms with E-state index in [0.29, 0.717) is 0 Å². The molecule has 0 fully saturated rings. The molecule has 1 N–H and O–H groups in total. The van der Waals surface area contributed by atoms with Gasteiger partial charge in [0, 0.05) is 17.5 Å². The molecule has 0 radical (unpaired) electrons. The number of nitrogens with zero attached hydrogens (tertiary/aromatic N) is 2. The van der Waals surface area contributed by atoms with Crippen molar-refractivity contribution in [2.45, 2.75) is 20.0 Å². The van der Waals surface area contributed by atoms with Crippen molar-refractivity contribution in [2.75, 3.05) is 7.05 Å². The smallest absolute Gasteiger partial charge is 0.122 e. The predicted molar refractivity (Wildman–Crippen MR) is 57.5 cm³/mol. The number of hydrogen-bond donors (Lipinski definition) is 1. The van der Waals surface area contributed by atoms with Crippen LogP contribution in [0.15, 0.2) is 29.0 Å². The highest BCUT2D eigenvalue weighted by Gasteiger charge is 2.07. The minimum atomic E-state index is 0.753. The number of aryl methyl sites for hydroxylation is 1. The van der Waals surface area contributed by atoms with Gasteiger partial charge in [-0.1, -0.05) is 0 Å². The normalized spacial score (nSPS) is 10.8. The second-order valence-electron chi connectivity index (χ2n) is 3.53. The molecule has 4 nitrogen and oxygen atoms in total. The maximum absolute atomic E-state index is 5.39. The lowest BCUT2D eigenvalue weighted by Crippen LogP contribution is -2.09. The lowest BCUT2D eigenvalue weighted by Gasteiger charge is -2.04. The second kappa shape index (κ2) is 4.31. The van der Waals surface area contributed by atoms with E-state index in [9.17, 15) is 0 Å². The molecule has 0 aliphatic heterocycles. The molecule has 2 aromatic heterocycles. The van der Waals surface area contributed by atoms with Crippen molar-refractivity contribution in [2.24, 2.45) is 0 Å². The van der Waals surface area contributed by atoms with Crippen LogP contribution in [0.5, 0.6) is 0 Å². The molecule has 0 aliphatic rings. The van der Waals surface area contributed by atoms with Crippen LogP contribution in [-0.2, 0) is 13.1 Å². The number of furan rings is 1. The van der Waals surface area contributed by atoms with Crippen LogP contribution >= 0.6 is 0 Å². The fourth-order valence-corrected chi connectivity index (χ4v) is 1.55. The van der Waals surface area contributed by atoms with E-state index in [1.54, 1.807) is 6.26 Å². The highest BCUT2D eigenvalue weighted by atomic mass is 16.3. The van der Waals surface area contributed by atoms with Gasteiger partial charge in [-0.15, -0.1) is 0 Å². The van der Waals surface area contributed by atoms with Gasteiger partial charge < -0.3 is 9.73 Å². The summed E-state index contributed by atoms with van der Waals surface area (Å²) in [4.78, 5) is 0. The highest BCUT2D eigenvalue weighted by molar-refractivity contribution is 5.18. The summed E-state index contributed by atoms with van der Waals surface area (Å²) in [5.41, 5.74) is 2.34. The lowest BCUT2D eigenvalue weighted by molar-refractivity contribution is 0.486. The Bertz CT molecular complexity index is 430. The van der Waals surface area contributed by atoms with Crippen LogP contribution in [0.2, 0.25) is 0 Å². The molecule has 0 aromatic carbocycles. The van der Waals surface area contributed by atoms with Gasteiger partial charge in [0.2, 0.25) is 0 Å². The zero-order valence-electron chi connectivity index (χ0n) is 9.03.